The molecule has 24 heavy (non-hydrogen) atoms. The highest BCUT2D eigenvalue weighted by Gasteiger charge is 2.10. The highest BCUT2D eigenvalue weighted by molar-refractivity contribution is 8.01. The van der Waals surface area contributed by atoms with Crippen molar-refractivity contribution in [2.75, 3.05) is 24.2 Å². The van der Waals surface area contributed by atoms with Crippen LogP contribution in [0.3, 0.4) is 0 Å². The molecule has 1 atom stereocenters. The summed E-state index contributed by atoms with van der Waals surface area (Å²) in [6.07, 6.45) is 1.12. The van der Waals surface area contributed by atoms with Gasteiger partial charge in [-0.15, -0.1) is 16.8 Å². The molecule has 0 radical (unpaired) electrons. The van der Waals surface area contributed by atoms with E-state index in [4.69, 9.17) is 4.74 Å². The SMILES string of the molecule is C=CCNc1nnc(SCC(O)COc2ccc(C(C)=O)cc2)s1. The first-order valence-electron chi connectivity index (χ1n) is 7.31. The Morgan fingerprint density at radius 3 is 2.88 bits per heavy atom. The number of nitrogens with one attached hydrogen (secondary N) is 1. The lowest BCUT2D eigenvalue weighted by Crippen LogP contribution is -2.20. The molecular formula is C16H19N3O3S2. The van der Waals surface area contributed by atoms with Crippen LogP contribution < -0.4 is 10.1 Å². The van der Waals surface area contributed by atoms with Crippen LogP contribution in [0, 0.1) is 0 Å². The van der Waals surface area contributed by atoms with Gasteiger partial charge in [-0.3, -0.25) is 4.79 Å². The monoisotopic (exact) mass is 365 g/mol. The molecule has 0 saturated heterocycles. The van der Waals surface area contributed by atoms with Gasteiger partial charge >= 0.3 is 0 Å². The predicted octanol–water partition coefficient (Wildman–Crippen LogP) is 2.87. The van der Waals surface area contributed by atoms with Crippen molar-refractivity contribution in [2.24, 2.45) is 0 Å². The van der Waals surface area contributed by atoms with E-state index >= 15 is 0 Å². The maximum atomic E-state index is 11.2. The van der Waals surface area contributed by atoms with E-state index in [2.05, 4.69) is 22.1 Å². The lowest BCUT2D eigenvalue weighted by atomic mass is 10.1. The average molecular weight is 365 g/mol. The van der Waals surface area contributed by atoms with Gasteiger partial charge in [0.05, 0.1) is 6.10 Å². The van der Waals surface area contributed by atoms with Crippen LogP contribution in [-0.2, 0) is 0 Å². The summed E-state index contributed by atoms with van der Waals surface area (Å²) in [5.41, 5.74) is 0.635. The van der Waals surface area contributed by atoms with Crippen LogP contribution in [0.25, 0.3) is 0 Å². The Hall–Kier alpha value is -1.90. The second kappa shape index (κ2) is 9.41. The van der Waals surface area contributed by atoms with Crippen molar-refractivity contribution >= 4 is 34.0 Å². The molecule has 6 nitrogen and oxygen atoms in total. The van der Waals surface area contributed by atoms with Crippen molar-refractivity contribution in [3.63, 3.8) is 0 Å². The number of carbonyl (C=O) groups excluding carboxylic acids is 1. The number of ketones is 1. The number of aliphatic hydroxyl groups is 1. The largest absolute Gasteiger partial charge is 0.491 e. The van der Waals surface area contributed by atoms with E-state index < -0.39 is 6.10 Å². The number of carbonyl (C=O) groups is 1. The summed E-state index contributed by atoms with van der Waals surface area (Å²) in [5, 5.41) is 21.8. The third kappa shape index (κ3) is 5.95. The topological polar surface area (TPSA) is 84.3 Å². The number of benzene rings is 1. The standard InChI is InChI=1S/C16H19N3O3S2/c1-3-8-17-15-18-19-16(24-15)23-10-13(21)9-22-14-6-4-12(5-7-14)11(2)20/h3-7,13,21H,1,8-10H2,2H3,(H,17,18). The molecule has 0 aliphatic rings. The van der Waals surface area contributed by atoms with Gasteiger partial charge in [-0.1, -0.05) is 29.2 Å². The molecule has 0 aliphatic carbocycles. The smallest absolute Gasteiger partial charge is 0.206 e. The number of Topliss-reactive ketones (excluding diaryl/α,β-unsaturated/α-hetero) is 1. The molecule has 2 aromatic rings. The number of hydrogen-bond acceptors (Lipinski definition) is 8. The second-order valence-corrected chi connectivity index (χ2v) is 7.14. The van der Waals surface area contributed by atoms with Crippen molar-refractivity contribution in [1.29, 1.82) is 0 Å². The van der Waals surface area contributed by atoms with Gasteiger partial charge in [0.2, 0.25) is 5.13 Å². The predicted molar refractivity (Wildman–Crippen MR) is 97.3 cm³/mol. The number of rotatable bonds is 10. The van der Waals surface area contributed by atoms with Gasteiger partial charge in [0.15, 0.2) is 10.1 Å². The second-order valence-electron chi connectivity index (χ2n) is 4.90. The van der Waals surface area contributed by atoms with Crippen LogP contribution >= 0.6 is 23.1 Å². The summed E-state index contributed by atoms with van der Waals surface area (Å²) < 4.78 is 6.30. The first kappa shape index (κ1) is 18.4. The van der Waals surface area contributed by atoms with E-state index in [0.29, 0.717) is 23.6 Å². The minimum Gasteiger partial charge on any atom is -0.491 e. The average Bonchev–Trinajstić information content (AvgIpc) is 3.04. The van der Waals surface area contributed by atoms with Crippen LogP contribution in [0.1, 0.15) is 17.3 Å². The Morgan fingerprint density at radius 2 is 2.21 bits per heavy atom. The zero-order valence-electron chi connectivity index (χ0n) is 13.3. The quantitative estimate of drug-likeness (QED) is 0.380. The maximum Gasteiger partial charge on any atom is 0.206 e. The minimum atomic E-state index is -0.629. The van der Waals surface area contributed by atoms with Gasteiger partial charge in [0.1, 0.15) is 12.4 Å². The molecule has 2 rings (SSSR count). The molecule has 1 heterocycles. The number of nitrogens with zero attached hydrogens (tertiary/aromatic N) is 2. The fourth-order valence-corrected chi connectivity index (χ4v) is 3.38. The van der Waals surface area contributed by atoms with Gasteiger partial charge in [0, 0.05) is 17.9 Å². The van der Waals surface area contributed by atoms with Gasteiger partial charge in [-0.05, 0) is 31.2 Å². The normalized spacial score (nSPS) is 11.8. The highest BCUT2D eigenvalue weighted by Crippen LogP contribution is 2.26. The summed E-state index contributed by atoms with van der Waals surface area (Å²) in [4.78, 5) is 11.2. The molecule has 0 aliphatic heterocycles. The number of aliphatic hydroxyl groups excluding tert-OH is 1. The van der Waals surface area contributed by atoms with Crippen molar-refractivity contribution in [1.82, 2.24) is 10.2 Å². The molecule has 0 amide bonds. The summed E-state index contributed by atoms with van der Waals surface area (Å²) >= 11 is 2.86. The molecule has 2 N–H and O–H groups in total. The van der Waals surface area contributed by atoms with Gasteiger partial charge in [0.25, 0.3) is 0 Å². The summed E-state index contributed by atoms with van der Waals surface area (Å²) in [7, 11) is 0. The number of anilines is 1. The molecule has 1 unspecified atom stereocenters. The third-order valence-electron chi connectivity index (χ3n) is 2.91. The van der Waals surface area contributed by atoms with E-state index in [1.165, 1.54) is 30.0 Å². The highest BCUT2D eigenvalue weighted by atomic mass is 32.2. The Kier molecular flexibility index (Phi) is 7.23. The van der Waals surface area contributed by atoms with E-state index in [1.807, 2.05) is 0 Å². The number of thioether (sulfide) groups is 1. The Labute approximate surface area is 149 Å². The van der Waals surface area contributed by atoms with Crippen LogP contribution in [0.15, 0.2) is 41.3 Å². The minimum absolute atomic E-state index is 0.0111. The van der Waals surface area contributed by atoms with E-state index in [-0.39, 0.29) is 12.4 Å². The zero-order valence-corrected chi connectivity index (χ0v) is 14.9. The van der Waals surface area contributed by atoms with Gasteiger partial charge in [-0.25, -0.2) is 0 Å². The third-order valence-corrected chi connectivity index (χ3v) is 5.07. The van der Waals surface area contributed by atoms with E-state index in [1.54, 1.807) is 30.3 Å². The van der Waals surface area contributed by atoms with Gasteiger partial charge in [-0.2, -0.15) is 0 Å². The fraction of sp³-hybridized carbons (Fsp3) is 0.312. The van der Waals surface area contributed by atoms with Crippen molar-refractivity contribution < 1.29 is 14.6 Å². The molecule has 128 valence electrons. The van der Waals surface area contributed by atoms with Crippen LogP contribution in [0.5, 0.6) is 5.75 Å². The molecule has 0 saturated carbocycles. The van der Waals surface area contributed by atoms with Gasteiger partial charge < -0.3 is 15.2 Å². The summed E-state index contributed by atoms with van der Waals surface area (Å²) in [6, 6.07) is 6.85. The summed E-state index contributed by atoms with van der Waals surface area (Å²) in [6.45, 7) is 5.95. The zero-order chi connectivity index (χ0) is 17.4. The molecule has 0 bridgehead atoms. The van der Waals surface area contributed by atoms with Crippen molar-refractivity contribution in [2.45, 2.75) is 17.4 Å². The fourth-order valence-electron chi connectivity index (χ4n) is 1.69. The Balaban J connectivity index is 1.72. The lowest BCUT2D eigenvalue weighted by molar-refractivity contribution is 0.101. The molecule has 0 spiro atoms. The van der Waals surface area contributed by atoms with Crippen LogP contribution in [0.2, 0.25) is 0 Å². The van der Waals surface area contributed by atoms with Crippen molar-refractivity contribution in [3.05, 3.63) is 42.5 Å². The first-order chi connectivity index (χ1) is 11.6. The number of hydrogen-bond donors (Lipinski definition) is 2. The number of ether oxygens (including phenoxy) is 1. The summed E-state index contributed by atoms with van der Waals surface area (Å²) in [5.74, 6) is 1.09. The van der Waals surface area contributed by atoms with Crippen LogP contribution in [0.4, 0.5) is 5.13 Å². The molecule has 8 heteroatoms. The molecule has 0 fully saturated rings. The molecule has 1 aromatic carbocycles. The molecular weight excluding hydrogens is 346 g/mol. The Morgan fingerprint density at radius 1 is 1.46 bits per heavy atom. The van der Waals surface area contributed by atoms with Crippen molar-refractivity contribution in [3.8, 4) is 5.75 Å². The van der Waals surface area contributed by atoms with E-state index in [0.717, 1.165) is 9.47 Å². The first-order valence-corrected chi connectivity index (χ1v) is 9.11. The Bertz CT molecular complexity index is 673. The maximum absolute atomic E-state index is 11.2. The number of aromatic nitrogens is 2. The van der Waals surface area contributed by atoms with Crippen LogP contribution in [-0.4, -0.2) is 46.1 Å². The molecule has 1 aromatic heterocycles. The van der Waals surface area contributed by atoms with E-state index in [9.17, 15) is 9.90 Å². The lowest BCUT2D eigenvalue weighted by Gasteiger charge is -2.11.